The predicted octanol–water partition coefficient (Wildman–Crippen LogP) is 3.93. The van der Waals surface area contributed by atoms with Gasteiger partial charge in [-0.3, -0.25) is 4.79 Å². The van der Waals surface area contributed by atoms with E-state index in [1.165, 1.54) is 0 Å². The van der Waals surface area contributed by atoms with Gasteiger partial charge in [-0.25, -0.2) is 0 Å². The number of ether oxygens (including phenoxy) is 2. The first kappa shape index (κ1) is 15.1. The van der Waals surface area contributed by atoms with Gasteiger partial charge >= 0.3 is 0 Å². The Balaban J connectivity index is 1.81. The van der Waals surface area contributed by atoms with Crippen molar-refractivity contribution in [1.29, 1.82) is 0 Å². The van der Waals surface area contributed by atoms with E-state index in [-0.39, 0.29) is 18.9 Å². The highest BCUT2D eigenvalue weighted by atomic mass is 79.9. The van der Waals surface area contributed by atoms with Crippen LogP contribution in [-0.4, -0.2) is 24.1 Å². The molecular weight excluding hydrogens is 372 g/mol. The molecule has 2 heterocycles. The van der Waals surface area contributed by atoms with Crippen LogP contribution in [0.3, 0.4) is 0 Å². The molecule has 122 valence electrons. The minimum absolute atomic E-state index is 0.0289. The summed E-state index contributed by atoms with van der Waals surface area (Å²) in [5.74, 6) is 1.35. The number of rotatable bonds is 3. The molecule has 0 saturated heterocycles. The molecular formula is C18H15BrN2O3. The molecule has 4 rings (SSSR count). The largest absolute Gasteiger partial charge is 0.454 e. The molecule has 0 aromatic heterocycles. The summed E-state index contributed by atoms with van der Waals surface area (Å²) in [5, 5.41) is 3.44. The lowest BCUT2D eigenvalue weighted by molar-refractivity contribution is 0.0707. The lowest BCUT2D eigenvalue weighted by atomic mass is 10.0. The summed E-state index contributed by atoms with van der Waals surface area (Å²) in [5.41, 5.74) is 2.38. The van der Waals surface area contributed by atoms with Gasteiger partial charge in [0.25, 0.3) is 5.91 Å². The molecule has 1 atom stereocenters. The molecule has 0 radical (unpaired) electrons. The fourth-order valence-corrected chi connectivity index (χ4v) is 3.55. The molecule has 2 aromatic rings. The highest BCUT2D eigenvalue weighted by Gasteiger charge is 2.34. The van der Waals surface area contributed by atoms with Crippen molar-refractivity contribution in [3.8, 4) is 11.5 Å². The van der Waals surface area contributed by atoms with Gasteiger partial charge in [-0.15, -0.1) is 6.58 Å². The summed E-state index contributed by atoms with van der Waals surface area (Å²) < 4.78 is 11.7. The monoisotopic (exact) mass is 386 g/mol. The highest BCUT2D eigenvalue weighted by molar-refractivity contribution is 9.10. The minimum atomic E-state index is -0.325. The Morgan fingerprint density at radius 1 is 1.29 bits per heavy atom. The van der Waals surface area contributed by atoms with Gasteiger partial charge in [-0.05, 0) is 24.3 Å². The highest BCUT2D eigenvalue weighted by Crippen LogP contribution is 2.42. The number of carbonyl (C=O) groups is 1. The molecule has 0 spiro atoms. The van der Waals surface area contributed by atoms with E-state index in [1.807, 2.05) is 36.4 Å². The first-order valence-electron chi connectivity index (χ1n) is 7.55. The number of benzene rings is 2. The number of hydrogen-bond acceptors (Lipinski definition) is 4. The summed E-state index contributed by atoms with van der Waals surface area (Å²) >= 11 is 3.58. The van der Waals surface area contributed by atoms with Crippen molar-refractivity contribution in [2.45, 2.75) is 6.17 Å². The Labute approximate surface area is 148 Å². The van der Waals surface area contributed by atoms with Gasteiger partial charge in [0, 0.05) is 22.3 Å². The van der Waals surface area contributed by atoms with Crippen LogP contribution < -0.4 is 14.8 Å². The van der Waals surface area contributed by atoms with E-state index in [0.717, 1.165) is 15.7 Å². The van der Waals surface area contributed by atoms with Crippen LogP contribution in [0.5, 0.6) is 11.5 Å². The second-order valence-corrected chi connectivity index (χ2v) is 6.42. The van der Waals surface area contributed by atoms with Crippen LogP contribution in [0.2, 0.25) is 0 Å². The molecule has 0 fully saturated rings. The molecule has 0 bridgehead atoms. The number of para-hydroxylation sites is 1. The Morgan fingerprint density at radius 2 is 2.04 bits per heavy atom. The Morgan fingerprint density at radius 3 is 2.83 bits per heavy atom. The number of nitrogens with one attached hydrogen (secondary N) is 1. The minimum Gasteiger partial charge on any atom is -0.454 e. The third kappa shape index (κ3) is 2.34. The molecule has 1 amide bonds. The number of carbonyl (C=O) groups excluding carboxylic acids is 1. The zero-order valence-corrected chi connectivity index (χ0v) is 14.4. The third-order valence-electron chi connectivity index (χ3n) is 4.13. The van der Waals surface area contributed by atoms with E-state index in [2.05, 4.69) is 27.8 Å². The second-order valence-electron chi connectivity index (χ2n) is 5.57. The average molecular weight is 387 g/mol. The molecule has 24 heavy (non-hydrogen) atoms. The van der Waals surface area contributed by atoms with Crippen LogP contribution in [-0.2, 0) is 0 Å². The maximum absolute atomic E-state index is 12.9. The van der Waals surface area contributed by atoms with Crippen molar-refractivity contribution in [2.24, 2.45) is 0 Å². The molecule has 5 nitrogen and oxygen atoms in total. The molecule has 0 unspecified atom stereocenters. The SMILES string of the molecule is C=CCN1C(=O)c2ccccc2N[C@H]1c1cc2c(cc1Br)OCO2. The fourth-order valence-electron chi connectivity index (χ4n) is 3.01. The van der Waals surface area contributed by atoms with Crippen LogP contribution in [0, 0.1) is 0 Å². The van der Waals surface area contributed by atoms with E-state index in [1.54, 1.807) is 11.0 Å². The van der Waals surface area contributed by atoms with Gasteiger partial charge in [0.2, 0.25) is 6.79 Å². The van der Waals surface area contributed by atoms with Crippen LogP contribution in [0.15, 0.2) is 53.5 Å². The van der Waals surface area contributed by atoms with Crippen molar-refractivity contribution >= 4 is 27.5 Å². The molecule has 0 saturated carbocycles. The number of fused-ring (bicyclic) bond motifs is 2. The van der Waals surface area contributed by atoms with E-state index in [9.17, 15) is 4.79 Å². The Kier molecular flexibility index (Phi) is 3.69. The number of anilines is 1. The third-order valence-corrected chi connectivity index (χ3v) is 4.82. The van der Waals surface area contributed by atoms with Gasteiger partial charge in [-0.2, -0.15) is 0 Å². The van der Waals surface area contributed by atoms with Gasteiger partial charge in [0.05, 0.1) is 5.56 Å². The van der Waals surface area contributed by atoms with Gasteiger partial charge in [0.1, 0.15) is 6.17 Å². The van der Waals surface area contributed by atoms with Crippen molar-refractivity contribution in [3.63, 3.8) is 0 Å². The average Bonchev–Trinajstić information content (AvgIpc) is 3.04. The smallest absolute Gasteiger partial charge is 0.258 e. The maximum Gasteiger partial charge on any atom is 0.258 e. The lowest BCUT2D eigenvalue weighted by Gasteiger charge is -2.38. The zero-order chi connectivity index (χ0) is 16.7. The molecule has 6 heteroatoms. The summed E-state index contributed by atoms with van der Waals surface area (Å²) in [7, 11) is 0. The first-order chi connectivity index (χ1) is 11.7. The van der Waals surface area contributed by atoms with E-state index in [0.29, 0.717) is 23.6 Å². The Bertz CT molecular complexity index is 837. The molecule has 0 aliphatic carbocycles. The van der Waals surface area contributed by atoms with Gasteiger partial charge in [-0.1, -0.05) is 34.1 Å². The normalized spacial score (nSPS) is 18.1. The summed E-state index contributed by atoms with van der Waals surface area (Å²) in [4.78, 5) is 14.7. The summed E-state index contributed by atoms with van der Waals surface area (Å²) in [6.45, 7) is 4.42. The quantitative estimate of drug-likeness (QED) is 0.811. The van der Waals surface area contributed by atoms with Crippen LogP contribution in [0.4, 0.5) is 5.69 Å². The van der Waals surface area contributed by atoms with Crippen LogP contribution >= 0.6 is 15.9 Å². The van der Waals surface area contributed by atoms with E-state index in [4.69, 9.17) is 9.47 Å². The molecule has 2 aliphatic rings. The van der Waals surface area contributed by atoms with Crippen molar-refractivity contribution in [2.75, 3.05) is 18.7 Å². The standard InChI is InChI=1S/C18H15BrN2O3/c1-2-7-21-17(20-14-6-4-3-5-11(14)18(21)22)12-8-15-16(9-13(12)19)24-10-23-15/h2-6,8-9,17,20H,1,7,10H2/t17-/m1/s1. The van der Waals surface area contributed by atoms with E-state index >= 15 is 0 Å². The summed E-state index contributed by atoms with van der Waals surface area (Å²) in [6.07, 6.45) is 1.40. The number of nitrogens with zero attached hydrogens (tertiary/aromatic N) is 1. The van der Waals surface area contributed by atoms with Gasteiger partial charge in [0.15, 0.2) is 11.5 Å². The number of halogens is 1. The fraction of sp³-hybridized carbons (Fsp3) is 0.167. The van der Waals surface area contributed by atoms with E-state index < -0.39 is 0 Å². The van der Waals surface area contributed by atoms with Gasteiger partial charge < -0.3 is 19.7 Å². The Hall–Kier alpha value is -2.47. The van der Waals surface area contributed by atoms with Crippen molar-refractivity contribution in [3.05, 3.63) is 64.7 Å². The second kappa shape index (κ2) is 5.87. The lowest BCUT2D eigenvalue weighted by Crippen LogP contribution is -2.43. The van der Waals surface area contributed by atoms with Crippen molar-refractivity contribution in [1.82, 2.24) is 4.90 Å². The van der Waals surface area contributed by atoms with Crippen LogP contribution in [0.25, 0.3) is 0 Å². The zero-order valence-electron chi connectivity index (χ0n) is 12.8. The van der Waals surface area contributed by atoms with Crippen molar-refractivity contribution < 1.29 is 14.3 Å². The number of amides is 1. The molecule has 2 aliphatic heterocycles. The molecule has 2 aromatic carbocycles. The topological polar surface area (TPSA) is 50.8 Å². The maximum atomic E-state index is 12.9. The number of hydrogen-bond donors (Lipinski definition) is 1. The molecule has 1 N–H and O–H groups in total. The first-order valence-corrected chi connectivity index (χ1v) is 8.35. The predicted molar refractivity (Wildman–Crippen MR) is 94.3 cm³/mol. The van der Waals surface area contributed by atoms with Crippen LogP contribution in [0.1, 0.15) is 22.1 Å². The summed E-state index contributed by atoms with van der Waals surface area (Å²) in [6, 6.07) is 11.3.